The highest BCUT2D eigenvalue weighted by molar-refractivity contribution is 7.15. The fraction of sp³-hybridized carbons (Fsp3) is 0.571. The summed E-state index contributed by atoms with van der Waals surface area (Å²) < 4.78 is 0. The number of piperazine rings is 1. The molecular formula is C14H21N7S. The third kappa shape index (κ3) is 3.11. The van der Waals surface area contributed by atoms with Crippen LogP contribution in [0.2, 0.25) is 0 Å². The second kappa shape index (κ2) is 6.04. The van der Waals surface area contributed by atoms with Crippen molar-refractivity contribution in [3.8, 4) is 0 Å². The van der Waals surface area contributed by atoms with Crippen LogP contribution >= 0.6 is 11.3 Å². The molecule has 0 aliphatic carbocycles. The first-order chi connectivity index (χ1) is 10.5. The van der Waals surface area contributed by atoms with E-state index in [9.17, 15) is 0 Å². The maximum Gasteiger partial charge on any atom is 0.227 e. The van der Waals surface area contributed by atoms with E-state index in [1.165, 1.54) is 0 Å². The molecule has 1 aliphatic rings. The van der Waals surface area contributed by atoms with E-state index in [1.807, 2.05) is 38.9 Å². The van der Waals surface area contributed by atoms with Gasteiger partial charge in [0.25, 0.3) is 0 Å². The Bertz CT molecular complexity index is 646. The van der Waals surface area contributed by atoms with E-state index < -0.39 is 0 Å². The highest BCUT2D eigenvalue weighted by Crippen LogP contribution is 2.22. The Hall–Kier alpha value is -1.96. The molecule has 0 aromatic carbocycles. The SMILES string of the molecule is Cc1cc(N(C)C)nc(N2CCN(c3nnc(C)s3)CC2)n1. The summed E-state index contributed by atoms with van der Waals surface area (Å²) in [7, 11) is 4.00. The molecule has 0 unspecified atom stereocenters. The zero-order valence-corrected chi connectivity index (χ0v) is 14.3. The predicted octanol–water partition coefficient (Wildman–Crippen LogP) is 1.34. The molecule has 7 nitrogen and oxygen atoms in total. The first-order valence-corrected chi connectivity index (χ1v) is 8.17. The average molecular weight is 319 g/mol. The van der Waals surface area contributed by atoms with Gasteiger partial charge in [-0.3, -0.25) is 0 Å². The van der Waals surface area contributed by atoms with Crippen LogP contribution in [0.5, 0.6) is 0 Å². The van der Waals surface area contributed by atoms with Crippen LogP contribution in [0.3, 0.4) is 0 Å². The van der Waals surface area contributed by atoms with Crippen LogP contribution in [0, 0.1) is 13.8 Å². The van der Waals surface area contributed by atoms with E-state index in [0.29, 0.717) is 0 Å². The summed E-state index contributed by atoms with van der Waals surface area (Å²) in [6.07, 6.45) is 0. The van der Waals surface area contributed by atoms with Crippen LogP contribution in [-0.4, -0.2) is 60.4 Å². The number of anilines is 3. The molecular weight excluding hydrogens is 298 g/mol. The minimum absolute atomic E-state index is 0.816. The monoisotopic (exact) mass is 319 g/mol. The Morgan fingerprint density at radius 2 is 1.68 bits per heavy atom. The molecule has 0 saturated carbocycles. The van der Waals surface area contributed by atoms with Gasteiger partial charge in [0.05, 0.1) is 0 Å². The Morgan fingerprint density at radius 1 is 1.00 bits per heavy atom. The molecule has 8 heteroatoms. The molecule has 1 aliphatic heterocycles. The van der Waals surface area contributed by atoms with Crippen molar-refractivity contribution >= 4 is 28.2 Å². The van der Waals surface area contributed by atoms with Gasteiger partial charge in [0.1, 0.15) is 10.8 Å². The highest BCUT2D eigenvalue weighted by Gasteiger charge is 2.22. The van der Waals surface area contributed by atoms with Gasteiger partial charge in [-0.1, -0.05) is 11.3 Å². The summed E-state index contributed by atoms with van der Waals surface area (Å²) >= 11 is 1.65. The van der Waals surface area contributed by atoms with E-state index in [-0.39, 0.29) is 0 Å². The third-order valence-electron chi connectivity index (χ3n) is 3.64. The molecule has 2 aromatic rings. The lowest BCUT2D eigenvalue weighted by Crippen LogP contribution is -2.47. The standard InChI is InChI=1S/C14H21N7S/c1-10-9-12(19(3)4)16-13(15-10)20-5-7-21(8-6-20)14-18-17-11(2)22-14/h9H,5-8H2,1-4H3. The number of hydrogen-bond acceptors (Lipinski definition) is 8. The first-order valence-electron chi connectivity index (χ1n) is 7.36. The van der Waals surface area contributed by atoms with Gasteiger partial charge in [0.2, 0.25) is 11.1 Å². The summed E-state index contributed by atoms with van der Waals surface area (Å²) in [5.41, 5.74) is 0.996. The lowest BCUT2D eigenvalue weighted by molar-refractivity contribution is 0.635. The lowest BCUT2D eigenvalue weighted by atomic mass is 10.3. The quantitative estimate of drug-likeness (QED) is 0.846. The minimum atomic E-state index is 0.816. The number of nitrogens with zero attached hydrogens (tertiary/aromatic N) is 7. The van der Waals surface area contributed by atoms with Gasteiger partial charge in [-0.25, -0.2) is 4.98 Å². The van der Waals surface area contributed by atoms with Crippen LogP contribution in [0.25, 0.3) is 0 Å². The molecule has 1 saturated heterocycles. The molecule has 0 N–H and O–H groups in total. The van der Waals surface area contributed by atoms with Gasteiger partial charge in [0.15, 0.2) is 0 Å². The van der Waals surface area contributed by atoms with Gasteiger partial charge in [-0.05, 0) is 13.8 Å². The largest absolute Gasteiger partial charge is 0.363 e. The van der Waals surface area contributed by atoms with Crippen molar-refractivity contribution in [2.45, 2.75) is 13.8 Å². The average Bonchev–Trinajstić information content (AvgIpc) is 2.93. The van der Waals surface area contributed by atoms with Crippen LogP contribution in [0.15, 0.2) is 6.07 Å². The van der Waals surface area contributed by atoms with E-state index in [0.717, 1.165) is 53.8 Å². The Balaban J connectivity index is 1.71. The molecule has 118 valence electrons. The Kier molecular flexibility index (Phi) is 4.10. The molecule has 22 heavy (non-hydrogen) atoms. The van der Waals surface area contributed by atoms with Gasteiger partial charge < -0.3 is 14.7 Å². The normalized spacial score (nSPS) is 15.3. The highest BCUT2D eigenvalue weighted by atomic mass is 32.1. The van der Waals surface area contributed by atoms with Crippen molar-refractivity contribution in [2.24, 2.45) is 0 Å². The molecule has 1 fully saturated rings. The fourth-order valence-corrected chi connectivity index (χ4v) is 3.16. The van der Waals surface area contributed by atoms with Crippen LogP contribution in [0.4, 0.5) is 16.9 Å². The van der Waals surface area contributed by atoms with E-state index in [4.69, 9.17) is 0 Å². The first kappa shape index (κ1) is 15.0. The zero-order chi connectivity index (χ0) is 15.7. The van der Waals surface area contributed by atoms with E-state index in [1.54, 1.807) is 11.3 Å². The number of aryl methyl sites for hydroxylation is 2. The molecule has 3 heterocycles. The van der Waals surface area contributed by atoms with Gasteiger partial charge in [-0.2, -0.15) is 4.98 Å². The smallest absolute Gasteiger partial charge is 0.227 e. The Morgan fingerprint density at radius 3 is 2.27 bits per heavy atom. The Labute approximate surface area is 134 Å². The lowest BCUT2D eigenvalue weighted by Gasteiger charge is -2.34. The fourth-order valence-electron chi connectivity index (χ4n) is 2.42. The number of hydrogen-bond donors (Lipinski definition) is 0. The number of rotatable bonds is 3. The van der Waals surface area contributed by atoms with Crippen LogP contribution in [0.1, 0.15) is 10.7 Å². The molecule has 0 atom stereocenters. The summed E-state index contributed by atoms with van der Waals surface area (Å²) in [5, 5.41) is 10.3. The van der Waals surface area contributed by atoms with Crippen molar-refractivity contribution in [2.75, 3.05) is 55.0 Å². The van der Waals surface area contributed by atoms with Gasteiger partial charge in [0, 0.05) is 52.0 Å². The van der Waals surface area contributed by atoms with E-state index in [2.05, 4.69) is 30.0 Å². The van der Waals surface area contributed by atoms with Crippen molar-refractivity contribution < 1.29 is 0 Å². The summed E-state index contributed by atoms with van der Waals surface area (Å²) in [4.78, 5) is 15.8. The predicted molar refractivity (Wildman–Crippen MR) is 90.2 cm³/mol. The second-order valence-electron chi connectivity index (χ2n) is 5.64. The van der Waals surface area contributed by atoms with E-state index >= 15 is 0 Å². The molecule has 3 rings (SSSR count). The van der Waals surface area contributed by atoms with Crippen LogP contribution in [-0.2, 0) is 0 Å². The van der Waals surface area contributed by atoms with Crippen molar-refractivity contribution in [1.29, 1.82) is 0 Å². The summed E-state index contributed by atoms with van der Waals surface area (Å²) in [6, 6.07) is 2.00. The zero-order valence-electron chi connectivity index (χ0n) is 13.4. The van der Waals surface area contributed by atoms with Crippen LogP contribution < -0.4 is 14.7 Å². The molecule has 0 radical (unpaired) electrons. The second-order valence-corrected chi connectivity index (χ2v) is 6.80. The van der Waals surface area contributed by atoms with Crippen molar-refractivity contribution in [1.82, 2.24) is 20.2 Å². The number of aromatic nitrogens is 4. The molecule has 0 amide bonds. The molecule has 0 spiro atoms. The summed E-state index contributed by atoms with van der Waals surface area (Å²) in [6.45, 7) is 7.63. The molecule has 2 aromatic heterocycles. The van der Waals surface area contributed by atoms with Crippen molar-refractivity contribution in [3.63, 3.8) is 0 Å². The van der Waals surface area contributed by atoms with Crippen molar-refractivity contribution in [3.05, 3.63) is 16.8 Å². The molecule has 0 bridgehead atoms. The minimum Gasteiger partial charge on any atom is -0.363 e. The summed E-state index contributed by atoms with van der Waals surface area (Å²) in [5.74, 6) is 1.77. The topological polar surface area (TPSA) is 61.3 Å². The maximum atomic E-state index is 4.66. The van der Waals surface area contributed by atoms with Gasteiger partial charge >= 0.3 is 0 Å². The maximum absolute atomic E-state index is 4.66. The van der Waals surface area contributed by atoms with Gasteiger partial charge in [-0.15, -0.1) is 10.2 Å². The third-order valence-corrected chi connectivity index (χ3v) is 4.53.